The Kier molecular flexibility index (Phi) is 13.9. The predicted octanol–water partition coefficient (Wildman–Crippen LogP) is 1.52. The maximum atomic E-state index is 11.3. The average molecular weight is 354 g/mol. The molecule has 0 aromatic rings. The molecule has 0 radical (unpaired) electrons. The van der Waals surface area contributed by atoms with Gasteiger partial charge in [-0.25, -0.2) is 0 Å². The normalized spacial score (nSPS) is 13.5. The summed E-state index contributed by atoms with van der Waals surface area (Å²) in [5.41, 5.74) is 0. The third-order valence-electron chi connectivity index (χ3n) is 2.63. The molecule has 0 aliphatic rings. The summed E-state index contributed by atoms with van der Waals surface area (Å²) in [5.74, 6) is -0.663. The molecule has 0 aromatic heterocycles. The van der Waals surface area contributed by atoms with E-state index in [1.54, 1.807) is 0 Å². The Hall–Kier alpha value is -0.440. The summed E-state index contributed by atoms with van der Waals surface area (Å²) in [6.07, 6.45) is 1.26. The SMILES string of the molecule is CCC(S)C(=O)OCCOCCOCCOC(=O)C(S)CC. The fourth-order valence-electron chi connectivity index (χ4n) is 1.25. The van der Waals surface area contributed by atoms with Crippen LogP contribution in [0.4, 0.5) is 0 Å². The molecule has 22 heavy (non-hydrogen) atoms. The average Bonchev–Trinajstić information content (AvgIpc) is 2.54. The van der Waals surface area contributed by atoms with E-state index in [1.807, 2.05) is 13.8 Å². The Morgan fingerprint density at radius 2 is 1.05 bits per heavy atom. The minimum Gasteiger partial charge on any atom is -0.462 e. The standard InChI is InChI=1S/C14H26O6S2/c1-3-11(21)13(15)19-9-7-17-5-6-18-8-10-20-14(16)12(22)4-2/h11-12,21-22H,3-10H2,1-2H3. The topological polar surface area (TPSA) is 71.1 Å². The van der Waals surface area contributed by atoms with Gasteiger partial charge in [-0.1, -0.05) is 13.8 Å². The summed E-state index contributed by atoms with van der Waals surface area (Å²) in [5, 5.41) is -0.758. The van der Waals surface area contributed by atoms with E-state index >= 15 is 0 Å². The molecular formula is C14H26O6S2. The van der Waals surface area contributed by atoms with Gasteiger partial charge in [-0.05, 0) is 12.8 Å². The van der Waals surface area contributed by atoms with Crippen LogP contribution in [0.25, 0.3) is 0 Å². The van der Waals surface area contributed by atoms with Crippen LogP contribution in [0.15, 0.2) is 0 Å². The molecule has 0 aliphatic heterocycles. The van der Waals surface area contributed by atoms with E-state index in [9.17, 15) is 9.59 Å². The van der Waals surface area contributed by atoms with E-state index in [-0.39, 0.29) is 35.7 Å². The number of ether oxygens (including phenoxy) is 4. The first-order valence-corrected chi connectivity index (χ1v) is 8.41. The van der Waals surface area contributed by atoms with Crippen LogP contribution in [0.2, 0.25) is 0 Å². The molecule has 0 aromatic carbocycles. The van der Waals surface area contributed by atoms with Crippen molar-refractivity contribution >= 4 is 37.2 Å². The first-order chi connectivity index (χ1) is 10.5. The van der Waals surface area contributed by atoms with Crippen molar-refractivity contribution in [1.82, 2.24) is 0 Å². The van der Waals surface area contributed by atoms with Gasteiger partial charge in [0.2, 0.25) is 0 Å². The highest BCUT2D eigenvalue weighted by molar-refractivity contribution is 7.82. The Bertz CT molecular complexity index is 284. The molecule has 0 bridgehead atoms. The van der Waals surface area contributed by atoms with Crippen LogP contribution >= 0.6 is 25.3 Å². The van der Waals surface area contributed by atoms with Gasteiger partial charge in [0.25, 0.3) is 0 Å². The molecule has 0 saturated carbocycles. The Labute approximate surface area is 143 Å². The second-order valence-corrected chi connectivity index (χ2v) is 5.65. The zero-order valence-corrected chi connectivity index (χ0v) is 14.9. The molecule has 0 aliphatic carbocycles. The second kappa shape index (κ2) is 14.2. The number of carbonyl (C=O) groups excluding carboxylic acids is 2. The lowest BCUT2D eigenvalue weighted by molar-refractivity contribution is -0.146. The monoisotopic (exact) mass is 354 g/mol. The Morgan fingerprint density at radius 1 is 0.727 bits per heavy atom. The summed E-state index contributed by atoms with van der Waals surface area (Å²) in [6.45, 7) is 5.52. The van der Waals surface area contributed by atoms with Crippen LogP contribution in [0.1, 0.15) is 26.7 Å². The lowest BCUT2D eigenvalue weighted by Gasteiger charge is -2.10. The van der Waals surface area contributed by atoms with Crippen molar-refractivity contribution in [1.29, 1.82) is 0 Å². The maximum absolute atomic E-state index is 11.3. The molecule has 0 spiro atoms. The van der Waals surface area contributed by atoms with Crippen LogP contribution in [0.3, 0.4) is 0 Å². The van der Waals surface area contributed by atoms with E-state index in [0.29, 0.717) is 39.3 Å². The zero-order valence-electron chi connectivity index (χ0n) is 13.2. The fraction of sp³-hybridized carbons (Fsp3) is 0.857. The van der Waals surface area contributed by atoms with Gasteiger partial charge in [0, 0.05) is 0 Å². The van der Waals surface area contributed by atoms with E-state index in [0.717, 1.165) is 0 Å². The molecule has 2 atom stereocenters. The summed E-state index contributed by atoms with van der Waals surface area (Å²) in [4.78, 5) is 22.6. The molecule has 0 rings (SSSR count). The molecule has 0 amide bonds. The van der Waals surface area contributed by atoms with E-state index in [4.69, 9.17) is 18.9 Å². The van der Waals surface area contributed by atoms with E-state index in [1.165, 1.54) is 0 Å². The number of hydrogen-bond donors (Lipinski definition) is 2. The van der Waals surface area contributed by atoms with Crippen LogP contribution < -0.4 is 0 Å². The molecule has 130 valence electrons. The van der Waals surface area contributed by atoms with Gasteiger partial charge in [-0.2, -0.15) is 25.3 Å². The van der Waals surface area contributed by atoms with Gasteiger partial charge in [0.05, 0.1) is 36.9 Å². The van der Waals surface area contributed by atoms with Crippen LogP contribution in [0.5, 0.6) is 0 Å². The molecular weight excluding hydrogens is 328 g/mol. The van der Waals surface area contributed by atoms with Crippen molar-refractivity contribution < 1.29 is 28.5 Å². The lowest BCUT2D eigenvalue weighted by Crippen LogP contribution is -2.21. The Morgan fingerprint density at radius 3 is 1.36 bits per heavy atom. The zero-order chi connectivity index (χ0) is 16.8. The third-order valence-corrected chi connectivity index (χ3v) is 3.79. The minimum absolute atomic E-state index is 0.202. The van der Waals surface area contributed by atoms with E-state index < -0.39 is 0 Å². The van der Waals surface area contributed by atoms with Gasteiger partial charge in [-0.3, -0.25) is 9.59 Å². The van der Waals surface area contributed by atoms with Gasteiger partial charge in [0.1, 0.15) is 13.2 Å². The molecule has 2 unspecified atom stereocenters. The summed E-state index contributed by atoms with van der Waals surface area (Å²) >= 11 is 8.15. The molecule has 8 heteroatoms. The Balaban J connectivity index is 3.31. The second-order valence-electron chi connectivity index (χ2n) is 4.41. The quantitative estimate of drug-likeness (QED) is 0.297. The summed E-state index contributed by atoms with van der Waals surface area (Å²) < 4.78 is 20.4. The van der Waals surface area contributed by atoms with Crippen molar-refractivity contribution in [3.63, 3.8) is 0 Å². The van der Waals surface area contributed by atoms with Crippen molar-refractivity contribution in [3.05, 3.63) is 0 Å². The largest absolute Gasteiger partial charge is 0.462 e. The van der Waals surface area contributed by atoms with Crippen molar-refractivity contribution in [3.8, 4) is 0 Å². The van der Waals surface area contributed by atoms with Gasteiger partial charge >= 0.3 is 11.9 Å². The first kappa shape index (κ1) is 21.6. The number of hydrogen-bond acceptors (Lipinski definition) is 8. The smallest absolute Gasteiger partial charge is 0.318 e. The minimum atomic E-state index is -0.379. The molecule has 0 fully saturated rings. The van der Waals surface area contributed by atoms with Gasteiger partial charge in [-0.15, -0.1) is 0 Å². The molecule has 0 heterocycles. The van der Waals surface area contributed by atoms with Gasteiger partial charge < -0.3 is 18.9 Å². The number of esters is 2. The van der Waals surface area contributed by atoms with Crippen molar-refractivity contribution in [2.75, 3.05) is 39.6 Å². The highest BCUT2D eigenvalue weighted by atomic mass is 32.1. The third kappa shape index (κ3) is 11.2. The highest BCUT2D eigenvalue weighted by Gasteiger charge is 2.13. The number of thiol groups is 2. The van der Waals surface area contributed by atoms with Crippen LogP contribution in [-0.2, 0) is 28.5 Å². The lowest BCUT2D eigenvalue weighted by atomic mass is 10.3. The summed E-state index contributed by atoms with van der Waals surface area (Å²) in [7, 11) is 0. The highest BCUT2D eigenvalue weighted by Crippen LogP contribution is 2.03. The number of carbonyl (C=O) groups is 2. The predicted molar refractivity (Wildman–Crippen MR) is 89.7 cm³/mol. The molecule has 6 nitrogen and oxygen atoms in total. The molecule has 0 N–H and O–H groups in total. The fourth-order valence-corrected chi connectivity index (χ4v) is 1.40. The maximum Gasteiger partial charge on any atom is 0.318 e. The molecule has 0 saturated heterocycles. The van der Waals surface area contributed by atoms with Gasteiger partial charge in [0.15, 0.2) is 0 Å². The van der Waals surface area contributed by atoms with Crippen molar-refractivity contribution in [2.45, 2.75) is 37.2 Å². The van der Waals surface area contributed by atoms with Crippen molar-refractivity contribution in [2.24, 2.45) is 0 Å². The first-order valence-electron chi connectivity index (χ1n) is 7.37. The van der Waals surface area contributed by atoms with E-state index in [2.05, 4.69) is 25.3 Å². The van der Waals surface area contributed by atoms with Crippen LogP contribution in [-0.4, -0.2) is 62.1 Å². The number of rotatable bonds is 13. The van der Waals surface area contributed by atoms with Crippen LogP contribution in [0, 0.1) is 0 Å². The summed E-state index contributed by atoms with van der Waals surface area (Å²) in [6, 6.07) is 0.